The third-order valence-electron chi connectivity index (χ3n) is 6.32. The molecular weight excluding hydrogens is 400 g/mol. The molecule has 1 aromatic rings. The first-order valence-corrected chi connectivity index (χ1v) is 12.1. The van der Waals surface area contributed by atoms with E-state index >= 15 is 0 Å². The van der Waals surface area contributed by atoms with Gasteiger partial charge in [0.1, 0.15) is 5.75 Å². The standard InChI is InChI=1S/C27H44N2O3/c1-7-14-28(6)15-9-19-32-27-12-8-11-26(23(27)4)22(3)21(2)24(5)31-18-10-16-29-17-13-25(30)20-29/h8,11-12,25,30H,3,7,9-10,13-20H2,1-2,4-6H3/b24-21+. The summed E-state index contributed by atoms with van der Waals surface area (Å²) in [6.07, 6.45) is 3.88. The Labute approximate surface area is 195 Å². The van der Waals surface area contributed by atoms with Crippen LogP contribution in [0.5, 0.6) is 5.75 Å². The predicted molar refractivity (Wildman–Crippen MR) is 134 cm³/mol. The SMILES string of the molecule is C=C(/C(C)=C(\C)OCCCN1CCC(O)C1)c1cccc(OCCCN(C)CCC)c1C. The van der Waals surface area contributed by atoms with Gasteiger partial charge in [0.2, 0.25) is 0 Å². The van der Waals surface area contributed by atoms with Gasteiger partial charge in [-0.2, -0.15) is 0 Å². The maximum absolute atomic E-state index is 9.63. The average Bonchev–Trinajstić information content (AvgIpc) is 3.19. The minimum Gasteiger partial charge on any atom is -0.498 e. The van der Waals surface area contributed by atoms with Gasteiger partial charge >= 0.3 is 0 Å². The topological polar surface area (TPSA) is 45.2 Å². The number of hydrogen-bond donors (Lipinski definition) is 1. The highest BCUT2D eigenvalue weighted by molar-refractivity contribution is 5.79. The van der Waals surface area contributed by atoms with Crippen molar-refractivity contribution in [3.05, 3.63) is 47.2 Å². The highest BCUT2D eigenvalue weighted by Gasteiger charge is 2.19. The molecule has 0 radical (unpaired) electrons. The quantitative estimate of drug-likeness (QED) is 0.252. The monoisotopic (exact) mass is 444 g/mol. The molecule has 1 heterocycles. The molecule has 2 rings (SSSR count). The first kappa shape index (κ1) is 26.4. The molecule has 0 aliphatic carbocycles. The van der Waals surface area contributed by atoms with Gasteiger partial charge in [0.05, 0.1) is 25.1 Å². The van der Waals surface area contributed by atoms with E-state index in [4.69, 9.17) is 9.47 Å². The van der Waals surface area contributed by atoms with Gasteiger partial charge in [0, 0.05) is 26.2 Å². The second kappa shape index (κ2) is 13.7. The zero-order valence-electron chi connectivity index (χ0n) is 21.0. The fourth-order valence-electron chi connectivity index (χ4n) is 4.16. The van der Waals surface area contributed by atoms with Crippen molar-refractivity contribution in [1.82, 2.24) is 9.80 Å². The first-order chi connectivity index (χ1) is 15.3. The lowest BCUT2D eigenvalue weighted by Crippen LogP contribution is -2.24. The van der Waals surface area contributed by atoms with Crippen LogP contribution in [-0.4, -0.2) is 74.0 Å². The second-order valence-electron chi connectivity index (χ2n) is 9.04. The fourth-order valence-corrected chi connectivity index (χ4v) is 4.16. The van der Waals surface area contributed by atoms with E-state index in [2.05, 4.69) is 50.3 Å². The van der Waals surface area contributed by atoms with E-state index in [1.165, 1.54) is 6.42 Å². The Balaban J connectivity index is 1.86. The molecule has 0 aromatic heterocycles. The number of nitrogens with zero attached hydrogens (tertiary/aromatic N) is 2. The van der Waals surface area contributed by atoms with Crippen LogP contribution >= 0.6 is 0 Å². The Morgan fingerprint density at radius 2 is 2.00 bits per heavy atom. The normalized spacial score (nSPS) is 17.5. The Morgan fingerprint density at radius 1 is 1.22 bits per heavy atom. The number of aliphatic hydroxyl groups is 1. The van der Waals surface area contributed by atoms with Crippen molar-refractivity contribution in [3.63, 3.8) is 0 Å². The van der Waals surface area contributed by atoms with E-state index in [9.17, 15) is 5.11 Å². The summed E-state index contributed by atoms with van der Waals surface area (Å²) in [4.78, 5) is 4.65. The van der Waals surface area contributed by atoms with Gasteiger partial charge in [-0.25, -0.2) is 0 Å². The summed E-state index contributed by atoms with van der Waals surface area (Å²) < 4.78 is 12.1. The zero-order valence-corrected chi connectivity index (χ0v) is 21.0. The van der Waals surface area contributed by atoms with Gasteiger partial charge < -0.3 is 24.4 Å². The molecule has 1 aliphatic heterocycles. The van der Waals surface area contributed by atoms with Crippen LogP contribution in [0.3, 0.4) is 0 Å². The highest BCUT2D eigenvalue weighted by atomic mass is 16.5. The number of aliphatic hydroxyl groups excluding tert-OH is 1. The Hall–Kier alpha value is -1.82. The van der Waals surface area contributed by atoms with E-state index in [1.54, 1.807) is 0 Å². The van der Waals surface area contributed by atoms with Crippen molar-refractivity contribution < 1.29 is 14.6 Å². The smallest absolute Gasteiger partial charge is 0.122 e. The van der Waals surface area contributed by atoms with Gasteiger partial charge in [0.15, 0.2) is 0 Å². The largest absolute Gasteiger partial charge is 0.498 e. The van der Waals surface area contributed by atoms with Crippen molar-refractivity contribution in [2.24, 2.45) is 0 Å². The van der Waals surface area contributed by atoms with E-state index in [0.29, 0.717) is 6.61 Å². The third-order valence-corrected chi connectivity index (χ3v) is 6.32. The summed E-state index contributed by atoms with van der Waals surface area (Å²) in [7, 11) is 2.16. The van der Waals surface area contributed by atoms with Crippen molar-refractivity contribution in [2.45, 2.75) is 59.5 Å². The maximum Gasteiger partial charge on any atom is 0.122 e. The zero-order chi connectivity index (χ0) is 23.5. The van der Waals surface area contributed by atoms with Crippen molar-refractivity contribution in [3.8, 4) is 5.75 Å². The molecule has 1 N–H and O–H groups in total. The highest BCUT2D eigenvalue weighted by Crippen LogP contribution is 2.31. The van der Waals surface area contributed by atoms with Gasteiger partial charge in [-0.3, -0.25) is 0 Å². The lowest BCUT2D eigenvalue weighted by molar-refractivity contribution is 0.164. The molecule has 1 atom stereocenters. The molecule has 0 bridgehead atoms. The minimum absolute atomic E-state index is 0.159. The Morgan fingerprint density at radius 3 is 2.69 bits per heavy atom. The maximum atomic E-state index is 9.63. The molecule has 0 saturated carbocycles. The fraction of sp³-hybridized carbons (Fsp3) is 0.630. The van der Waals surface area contributed by atoms with E-state index < -0.39 is 0 Å². The summed E-state index contributed by atoms with van der Waals surface area (Å²) >= 11 is 0. The van der Waals surface area contributed by atoms with E-state index in [1.807, 2.05) is 19.1 Å². The minimum atomic E-state index is -0.159. The molecule has 5 heteroatoms. The van der Waals surface area contributed by atoms with Crippen LogP contribution in [-0.2, 0) is 4.74 Å². The van der Waals surface area contributed by atoms with E-state index in [-0.39, 0.29) is 6.10 Å². The molecule has 0 spiro atoms. The van der Waals surface area contributed by atoms with Crippen LogP contribution in [0.25, 0.3) is 5.57 Å². The van der Waals surface area contributed by atoms with Crippen LogP contribution in [0, 0.1) is 6.92 Å². The Kier molecular flexibility index (Phi) is 11.3. The molecule has 0 amide bonds. The summed E-state index contributed by atoms with van der Waals surface area (Å²) in [5.41, 5.74) is 4.29. The molecule has 1 aliphatic rings. The molecule has 180 valence electrons. The van der Waals surface area contributed by atoms with Crippen LogP contribution < -0.4 is 4.74 Å². The van der Waals surface area contributed by atoms with Gasteiger partial charge in [-0.15, -0.1) is 0 Å². The number of ether oxygens (including phenoxy) is 2. The molecule has 1 fully saturated rings. The molecular formula is C27H44N2O3. The second-order valence-corrected chi connectivity index (χ2v) is 9.04. The molecule has 32 heavy (non-hydrogen) atoms. The summed E-state index contributed by atoms with van der Waals surface area (Å²) in [5, 5.41) is 9.63. The van der Waals surface area contributed by atoms with Crippen LogP contribution in [0.4, 0.5) is 0 Å². The number of benzene rings is 1. The summed E-state index contributed by atoms with van der Waals surface area (Å²) in [6, 6.07) is 6.19. The number of β-amino-alcohol motifs (C(OH)–C–C–N with tert-alkyl or cyclic N) is 1. The number of likely N-dealkylation sites (tertiary alicyclic amines) is 1. The first-order valence-electron chi connectivity index (χ1n) is 12.1. The number of allylic oxidation sites excluding steroid dienone is 3. The van der Waals surface area contributed by atoms with Gasteiger partial charge in [0.25, 0.3) is 0 Å². The lowest BCUT2D eigenvalue weighted by atomic mass is 9.95. The number of rotatable bonds is 14. The summed E-state index contributed by atoms with van der Waals surface area (Å²) in [5.74, 6) is 1.85. The van der Waals surface area contributed by atoms with Gasteiger partial charge in [-0.05, 0) is 88.4 Å². The molecule has 1 unspecified atom stereocenters. The summed E-state index contributed by atoms with van der Waals surface area (Å²) in [6.45, 7) is 19.1. The van der Waals surface area contributed by atoms with Crippen LogP contribution in [0.15, 0.2) is 36.1 Å². The van der Waals surface area contributed by atoms with Gasteiger partial charge in [-0.1, -0.05) is 25.6 Å². The predicted octanol–water partition coefficient (Wildman–Crippen LogP) is 4.89. The average molecular weight is 445 g/mol. The van der Waals surface area contributed by atoms with Crippen molar-refractivity contribution in [2.75, 3.05) is 53.0 Å². The molecule has 1 saturated heterocycles. The lowest BCUT2D eigenvalue weighted by Gasteiger charge is -2.18. The molecule has 1 aromatic carbocycles. The van der Waals surface area contributed by atoms with E-state index in [0.717, 1.165) is 92.4 Å². The molecule has 5 nitrogen and oxygen atoms in total. The van der Waals surface area contributed by atoms with Crippen LogP contribution in [0.1, 0.15) is 57.6 Å². The third kappa shape index (κ3) is 8.27. The van der Waals surface area contributed by atoms with Crippen molar-refractivity contribution in [1.29, 1.82) is 0 Å². The van der Waals surface area contributed by atoms with Crippen LogP contribution in [0.2, 0.25) is 0 Å². The van der Waals surface area contributed by atoms with Crippen molar-refractivity contribution >= 4 is 5.57 Å². The Bertz CT molecular complexity index is 759. The number of hydrogen-bond acceptors (Lipinski definition) is 5.